The van der Waals surface area contributed by atoms with E-state index in [2.05, 4.69) is 5.32 Å². The lowest BCUT2D eigenvalue weighted by molar-refractivity contribution is -0.140. The number of allylic oxidation sites excluding steroid dienone is 2. The van der Waals surface area contributed by atoms with Crippen LogP contribution in [0.2, 0.25) is 0 Å². The highest BCUT2D eigenvalue weighted by atomic mass is 16.5. The Labute approximate surface area is 124 Å². The van der Waals surface area contributed by atoms with E-state index in [4.69, 9.17) is 4.74 Å². The molecular formula is C15H22N2O4. The summed E-state index contributed by atoms with van der Waals surface area (Å²) in [5.74, 6) is -0.817. The van der Waals surface area contributed by atoms with Crippen LogP contribution in [0, 0.1) is 11.8 Å². The Morgan fingerprint density at radius 1 is 1.29 bits per heavy atom. The van der Waals surface area contributed by atoms with Crippen molar-refractivity contribution in [3.8, 4) is 0 Å². The molecule has 0 spiro atoms. The summed E-state index contributed by atoms with van der Waals surface area (Å²) >= 11 is 0. The van der Waals surface area contributed by atoms with Gasteiger partial charge >= 0.3 is 0 Å². The minimum absolute atomic E-state index is 0.124. The van der Waals surface area contributed by atoms with E-state index >= 15 is 0 Å². The third-order valence-electron chi connectivity index (χ3n) is 4.01. The maximum atomic E-state index is 12.2. The molecule has 0 saturated carbocycles. The van der Waals surface area contributed by atoms with E-state index in [1.807, 2.05) is 12.2 Å². The summed E-state index contributed by atoms with van der Waals surface area (Å²) in [5, 5.41) is 2.75. The first-order chi connectivity index (χ1) is 10.1. The molecule has 0 aromatic rings. The molecule has 2 aliphatic rings. The number of carbonyl (C=O) groups is 3. The maximum Gasteiger partial charge on any atom is 0.233 e. The SMILES string of the molecule is COCCCNC(=O)CCN1C(=O)[C@@H]2CC=CC[C@H]2C1=O. The van der Waals surface area contributed by atoms with Crippen molar-refractivity contribution in [1.82, 2.24) is 10.2 Å². The molecule has 21 heavy (non-hydrogen) atoms. The first-order valence-corrected chi connectivity index (χ1v) is 7.41. The number of hydrogen-bond acceptors (Lipinski definition) is 4. The van der Waals surface area contributed by atoms with Gasteiger partial charge < -0.3 is 10.1 Å². The summed E-state index contributed by atoms with van der Waals surface area (Å²) in [4.78, 5) is 37.3. The van der Waals surface area contributed by atoms with Crippen LogP contribution in [0.3, 0.4) is 0 Å². The van der Waals surface area contributed by atoms with E-state index in [0.717, 1.165) is 6.42 Å². The smallest absolute Gasteiger partial charge is 0.233 e. The lowest BCUT2D eigenvalue weighted by Gasteiger charge is -2.14. The molecule has 1 fully saturated rings. The Hall–Kier alpha value is -1.69. The van der Waals surface area contributed by atoms with Gasteiger partial charge in [0.05, 0.1) is 11.8 Å². The molecule has 6 nitrogen and oxygen atoms in total. The number of carbonyl (C=O) groups excluding carboxylic acids is 3. The second-order valence-electron chi connectivity index (χ2n) is 5.43. The number of fused-ring (bicyclic) bond motifs is 1. The average Bonchev–Trinajstić information content (AvgIpc) is 2.74. The van der Waals surface area contributed by atoms with Gasteiger partial charge in [-0.2, -0.15) is 0 Å². The van der Waals surface area contributed by atoms with Gasteiger partial charge in [-0.15, -0.1) is 0 Å². The maximum absolute atomic E-state index is 12.2. The molecule has 0 bridgehead atoms. The van der Waals surface area contributed by atoms with Gasteiger partial charge in [-0.25, -0.2) is 0 Å². The lowest BCUT2D eigenvalue weighted by Crippen LogP contribution is -2.35. The number of nitrogens with zero attached hydrogens (tertiary/aromatic N) is 1. The molecule has 1 aliphatic carbocycles. The fourth-order valence-electron chi connectivity index (χ4n) is 2.84. The number of hydrogen-bond donors (Lipinski definition) is 1. The molecule has 0 aromatic carbocycles. The van der Waals surface area contributed by atoms with Crippen LogP contribution in [-0.2, 0) is 19.1 Å². The van der Waals surface area contributed by atoms with Crippen LogP contribution in [0.15, 0.2) is 12.2 Å². The molecule has 116 valence electrons. The number of rotatable bonds is 7. The number of amides is 3. The Balaban J connectivity index is 1.77. The average molecular weight is 294 g/mol. The zero-order valence-electron chi connectivity index (χ0n) is 12.3. The number of likely N-dealkylation sites (tertiary alicyclic amines) is 1. The Bertz CT molecular complexity index is 421. The van der Waals surface area contributed by atoms with E-state index in [9.17, 15) is 14.4 Å². The third kappa shape index (κ3) is 3.69. The van der Waals surface area contributed by atoms with Crippen LogP contribution >= 0.6 is 0 Å². The molecule has 3 amide bonds. The third-order valence-corrected chi connectivity index (χ3v) is 4.01. The van der Waals surface area contributed by atoms with Crippen molar-refractivity contribution in [3.63, 3.8) is 0 Å². The van der Waals surface area contributed by atoms with Crippen molar-refractivity contribution < 1.29 is 19.1 Å². The number of ether oxygens (including phenoxy) is 1. The highest BCUT2D eigenvalue weighted by Crippen LogP contribution is 2.34. The molecule has 1 saturated heterocycles. The van der Waals surface area contributed by atoms with E-state index in [-0.39, 0.29) is 42.5 Å². The van der Waals surface area contributed by atoms with Crippen molar-refractivity contribution in [1.29, 1.82) is 0 Å². The highest BCUT2D eigenvalue weighted by Gasteiger charge is 2.46. The van der Waals surface area contributed by atoms with Gasteiger partial charge in [-0.05, 0) is 19.3 Å². The second kappa shape index (κ2) is 7.36. The number of methoxy groups -OCH3 is 1. The zero-order valence-corrected chi connectivity index (χ0v) is 12.3. The van der Waals surface area contributed by atoms with Crippen LogP contribution in [0.4, 0.5) is 0 Å². The van der Waals surface area contributed by atoms with Gasteiger partial charge in [-0.1, -0.05) is 12.2 Å². The van der Waals surface area contributed by atoms with Gasteiger partial charge in [0.1, 0.15) is 0 Å². The monoisotopic (exact) mass is 294 g/mol. The molecule has 2 atom stereocenters. The molecule has 0 aromatic heterocycles. The van der Waals surface area contributed by atoms with Crippen molar-refractivity contribution in [2.45, 2.75) is 25.7 Å². The van der Waals surface area contributed by atoms with Gasteiger partial charge in [-0.3, -0.25) is 19.3 Å². The molecule has 1 N–H and O–H groups in total. The Morgan fingerprint density at radius 2 is 1.90 bits per heavy atom. The van der Waals surface area contributed by atoms with Gasteiger partial charge in [0.15, 0.2) is 0 Å². The van der Waals surface area contributed by atoms with Crippen LogP contribution < -0.4 is 5.32 Å². The van der Waals surface area contributed by atoms with E-state index in [1.54, 1.807) is 7.11 Å². The van der Waals surface area contributed by atoms with Crippen molar-refractivity contribution in [2.24, 2.45) is 11.8 Å². The quantitative estimate of drug-likeness (QED) is 0.421. The van der Waals surface area contributed by atoms with Crippen molar-refractivity contribution >= 4 is 17.7 Å². The minimum Gasteiger partial charge on any atom is -0.385 e. The fourth-order valence-corrected chi connectivity index (χ4v) is 2.84. The lowest BCUT2D eigenvalue weighted by atomic mass is 9.85. The summed E-state index contributed by atoms with van der Waals surface area (Å²) in [6.45, 7) is 1.32. The summed E-state index contributed by atoms with van der Waals surface area (Å²) in [6.07, 6.45) is 6.09. The largest absolute Gasteiger partial charge is 0.385 e. The molecule has 2 rings (SSSR count). The molecule has 1 aliphatic heterocycles. The highest BCUT2D eigenvalue weighted by molar-refractivity contribution is 6.05. The topological polar surface area (TPSA) is 75.7 Å². The predicted octanol–water partition coefficient (Wildman–Crippen LogP) is 0.480. The Kier molecular flexibility index (Phi) is 5.50. The number of imide groups is 1. The van der Waals surface area contributed by atoms with Crippen LogP contribution in [0.1, 0.15) is 25.7 Å². The van der Waals surface area contributed by atoms with E-state index in [1.165, 1.54) is 4.90 Å². The van der Waals surface area contributed by atoms with Gasteiger partial charge in [0, 0.05) is 33.2 Å². The van der Waals surface area contributed by atoms with Gasteiger partial charge in [0.2, 0.25) is 17.7 Å². The number of nitrogens with one attached hydrogen (secondary N) is 1. The van der Waals surface area contributed by atoms with E-state index in [0.29, 0.717) is 26.0 Å². The molecular weight excluding hydrogens is 272 g/mol. The molecule has 0 radical (unpaired) electrons. The first kappa shape index (κ1) is 15.7. The standard InChI is InChI=1S/C15H22N2O4/c1-21-10-4-8-16-13(18)7-9-17-14(19)11-5-2-3-6-12(11)15(17)20/h2-3,11-12H,4-10H2,1H3,(H,16,18)/t11-,12-/m1/s1. The fraction of sp³-hybridized carbons (Fsp3) is 0.667. The van der Waals surface area contributed by atoms with Crippen LogP contribution in [-0.4, -0.2) is 49.4 Å². The van der Waals surface area contributed by atoms with Crippen molar-refractivity contribution in [2.75, 3.05) is 26.8 Å². The van der Waals surface area contributed by atoms with Crippen LogP contribution in [0.5, 0.6) is 0 Å². The van der Waals surface area contributed by atoms with Crippen molar-refractivity contribution in [3.05, 3.63) is 12.2 Å². The summed E-state index contributed by atoms with van der Waals surface area (Å²) in [7, 11) is 1.61. The van der Waals surface area contributed by atoms with E-state index < -0.39 is 0 Å². The zero-order chi connectivity index (χ0) is 15.2. The Morgan fingerprint density at radius 3 is 2.48 bits per heavy atom. The molecule has 6 heteroatoms. The normalized spacial score (nSPS) is 24.3. The minimum atomic E-state index is -0.215. The summed E-state index contributed by atoms with van der Waals surface area (Å²) < 4.78 is 4.89. The predicted molar refractivity (Wildman–Crippen MR) is 76.2 cm³/mol. The first-order valence-electron chi connectivity index (χ1n) is 7.41. The van der Waals surface area contributed by atoms with Crippen LogP contribution in [0.25, 0.3) is 0 Å². The second-order valence-corrected chi connectivity index (χ2v) is 5.43. The molecule has 1 heterocycles. The summed E-state index contributed by atoms with van der Waals surface area (Å²) in [5.41, 5.74) is 0. The summed E-state index contributed by atoms with van der Waals surface area (Å²) in [6, 6.07) is 0. The molecule has 0 unspecified atom stereocenters. The van der Waals surface area contributed by atoms with Gasteiger partial charge in [0.25, 0.3) is 0 Å².